The van der Waals surface area contributed by atoms with E-state index in [4.69, 9.17) is 9.47 Å². The summed E-state index contributed by atoms with van der Waals surface area (Å²) in [7, 11) is 0. The maximum absolute atomic E-state index is 13.1. The number of benzene rings is 1. The topological polar surface area (TPSA) is 83.7 Å². The second kappa shape index (κ2) is 9.51. The van der Waals surface area contributed by atoms with E-state index in [9.17, 15) is 9.59 Å². The van der Waals surface area contributed by atoms with Crippen LogP contribution in [0.1, 0.15) is 46.1 Å². The fourth-order valence-electron chi connectivity index (χ4n) is 3.75. The molecule has 1 aliphatic rings. The molecular formula is C23H33N3O4. The third-order valence-electron chi connectivity index (χ3n) is 5.10. The van der Waals surface area contributed by atoms with Gasteiger partial charge in [0.15, 0.2) is 0 Å². The molecule has 0 spiro atoms. The van der Waals surface area contributed by atoms with Gasteiger partial charge in [0.05, 0.1) is 0 Å². The number of para-hydroxylation sites is 1. The lowest BCUT2D eigenvalue weighted by Crippen LogP contribution is -2.48. The van der Waals surface area contributed by atoms with Crippen LogP contribution in [0.3, 0.4) is 0 Å². The van der Waals surface area contributed by atoms with Crippen molar-refractivity contribution >= 4 is 22.9 Å². The molecule has 0 saturated carbocycles. The van der Waals surface area contributed by atoms with Crippen molar-refractivity contribution in [1.29, 1.82) is 0 Å². The first-order valence-corrected chi connectivity index (χ1v) is 10.7. The number of hydrogen-bond acceptors (Lipinski definition) is 4. The number of aromatic nitrogens is 1. The van der Waals surface area contributed by atoms with Crippen LogP contribution in [0, 0.1) is 0 Å². The zero-order valence-corrected chi connectivity index (χ0v) is 18.4. The number of nitrogens with zero attached hydrogens (tertiary/aromatic N) is 1. The highest BCUT2D eigenvalue weighted by Gasteiger charge is 2.29. The van der Waals surface area contributed by atoms with Gasteiger partial charge in [0.2, 0.25) is 0 Å². The first-order chi connectivity index (χ1) is 14.2. The Morgan fingerprint density at radius 2 is 2.10 bits per heavy atom. The van der Waals surface area contributed by atoms with Gasteiger partial charge in [-0.1, -0.05) is 18.2 Å². The third kappa shape index (κ3) is 5.98. The number of H-pyrrole nitrogens is 1. The fraction of sp³-hybridized carbons (Fsp3) is 0.565. The van der Waals surface area contributed by atoms with Crippen LogP contribution >= 0.6 is 0 Å². The molecule has 1 fully saturated rings. The summed E-state index contributed by atoms with van der Waals surface area (Å²) < 4.78 is 11.0. The largest absolute Gasteiger partial charge is 0.444 e. The Kier molecular flexibility index (Phi) is 7.02. The lowest BCUT2D eigenvalue weighted by atomic mass is 10.1. The summed E-state index contributed by atoms with van der Waals surface area (Å²) in [4.78, 5) is 30.3. The summed E-state index contributed by atoms with van der Waals surface area (Å²) in [6.07, 6.45) is 3.51. The number of rotatable bonds is 7. The summed E-state index contributed by atoms with van der Waals surface area (Å²) >= 11 is 0. The Labute approximate surface area is 178 Å². The first-order valence-electron chi connectivity index (χ1n) is 10.7. The standard InChI is InChI=1S/C23H33N3O4/c1-16(25-22(28)30-23(2,3)4)15-26(21(27)20-10-7-13-29-20)12-11-17-14-24-19-9-6-5-8-18(17)19/h5-6,8-9,14,16,20,24H,7,10-13,15H2,1-4H3,(H,25,28)/t16-,20+/m1/s1. The molecule has 2 atom stereocenters. The van der Waals surface area contributed by atoms with Gasteiger partial charge in [-0.05, 0) is 58.6 Å². The minimum atomic E-state index is -0.563. The molecule has 2 amide bonds. The molecule has 2 heterocycles. The SMILES string of the molecule is C[C@H](CN(CCc1c[nH]c2ccccc12)C(=O)[C@@H]1CCCO1)NC(=O)OC(C)(C)C. The van der Waals surface area contributed by atoms with Crippen molar-refractivity contribution in [3.63, 3.8) is 0 Å². The van der Waals surface area contributed by atoms with E-state index < -0.39 is 11.7 Å². The number of carbonyl (C=O) groups is 2. The monoisotopic (exact) mass is 415 g/mol. The van der Waals surface area contributed by atoms with Gasteiger partial charge in [0.25, 0.3) is 5.91 Å². The highest BCUT2D eigenvalue weighted by molar-refractivity contribution is 5.83. The summed E-state index contributed by atoms with van der Waals surface area (Å²) in [5.74, 6) is -0.00909. The molecule has 7 nitrogen and oxygen atoms in total. The Bertz CT molecular complexity index is 865. The summed E-state index contributed by atoms with van der Waals surface area (Å²) in [6, 6.07) is 7.90. The molecule has 7 heteroatoms. The summed E-state index contributed by atoms with van der Waals surface area (Å²) in [6.45, 7) is 8.94. The van der Waals surface area contributed by atoms with Crippen molar-refractivity contribution in [2.24, 2.45) is 0 Å². The van der Waals surface area contributed by atoms with Crippen LogP contribution in [-0.2, 0) is 20.7 Å². The molecule has 2 N–H and O–H groups in total. The van der Waals surface area contributed by atoms with Crippen molar-refractivity contribution in [3.05, 3.63) is 36.0 Å². The molecule has 0 radical (unpaired) electrons. The molecule has 3 rings (SSSR count). The fourth-order valence-corrected chi connectivity index (χ4v) is 3.75. The minimum Gasteiger partial charge on any atom is -0.444 e. The zero-order valence-electron chi connectivity index (χ0n) is 18.4. The molecule has 0 unspecified atom stereocenters. The van der Waals surface area contributed by atoms with E-state index >= 15 is 0 Å². The number of nitrogens with one attached hydrogen (secondary N) is 2. The molecular weight excluding hydrogens is 382 g/mol. The van der Waals surface area contributed by atoms with Crippen LogP contribution < -0.4 is 5.32 Å². The number of ether oxygens (including phenoxy) is 2. The average molecular weight is 416 g/mol. The number of alkyl carbamates (subject to hydrolysis) is 1. The minimum absolute atomic E-state index is 0.00909. The second-order valence-corrected chi connectivity index (χ2v) is 8.94. The maximum Gasteiger partial charge on any atom is 0.407 e. The van der Waals surface area contributed by atoms with Crippen molar-refractivity contribution in [3.8, 4) is 0 Å². The van der Waals surface area contributed by atoms with Crippen LogP contribution in [-0.4, -0.2) is 59.3 Å². The number of hydrogen-bond donors (Lipinski definition) is 2. The quantitative estimate of drug-likeness (QED) is 0.723. The van der Waals surface area contributed by atoms with Crippen LogP contribution in [0.25, 0.3) is 10.9 Å². The Hall–Kier alpha value is -2.54. The van der Waals surface area contributed by atoms with Crippen molar-refractivity contribution in [2.45, 2.75) is 64.7 Å². The predicted octanol–water partition coefficient (Wildman–Crippen LogP) is 3.63. The van der Waals surface area contributed by atoms with Gasteiger partial charge in [-0.3, -0.25) is 4.79 Å². The van der Waals surface area contributed by atoms with Gasteiger partial charge >= 0.3 is 6.09 Å². The van der Waals surface area contributed by atoms with E-state index in [1.54, 1.807) is 4.90 Å². The smallest absolute Gasteiger partial charge is 0.407 e. The highest BCUT2D eigenvalue weighted by atomic mass is 16.6. The summed E-state index contributed by atoms with van der Waals surface area (Å²) in [5.41, 5.74) is 1.69. The normalized spacial score (nSPS) is 17.7. The molecule has 0 bridgehead atoms. The van der Waals surface area contributed by atoms with Crippen LogP contribution in [0.2, 0.25) is 0 Å². The van der Waals surface area contributed by atoms with Gasteiger partial charge < -0.3 is 24.7 Å². The van der Waals surface area contributed by atoms with Crippen molar-refractivity contribution < 1.29 is 19.1 Å². The zero-order chi connectivity index (χ0) is 21.7. The van der Waals surface area contributed by atoms with Gasteiger partial charge in [0.1, 0.15) is 11.7 Å². The molecule has 1 aromatic carbocycles. The Morgan fingerprint density at radius 1 is 1.33 bits per heavy atom. The van der Waals surface area contributed by atoms with Gasteiger partial charge in [-0.25, -0.2) is 4.79 Å². The lowest BCUT2D eigenvalue weighted by Gasteiger charge is -2.29. The Balaban J connectivity index is 1.65. The van der Waals surface area contributed by atoms with Crippen LogP contribution in [0.5, 0.6) is 0 Å². The second-order valence-electron chi connectivity index (χ2n) is 8.94. The average Bonchev–Trinajstić information content (AvgIpc) is 3.33. The van der Waals surface area contributed by atoms with Gasteiger partial charge in [-0.15, -0.1) is 0 Å². The number of amides is 2. The van der Waals surface area contributed by atoms with E-state index in [1.807, 2.05) is 52.1 Å². The highest BCUT2D eigenvalue weighted by Crippen LogP contribution is 2.20. The lowest BCUT2D eigenvalue weighted by molar-refractivity contribution is -0.141. The molecule has 1 aromatic heterocycles. The van der Waals surface area contributed by atoms with Crippen molar-refractivity contribution in [2.75, 3.05) is 19.7 Å². The molecule has 164 valence electrons. The molecule has 1 saturated heterocycles. The van der Waals surface area contributed by atoms with E-state index in [-0.39, 0.29) is 18.1 Å². The molecule has 1 aliphatic heterocycles. The maximum atomic E-state index is 13.1. The Morgan fingerprint density at radius 3 is 2.80 bits per heavy atom. The first kappa shape index (κ1) is 22.2. The van der Waals surface area contributed by atoms with Gasteiger partial charge in [-0.2, -0.15) is 0 Å². The third-order valence-corrected chi connectivity index (χ3v) is 5.10. The van der Waals surface area contributed by atoms with Gasteiger partial charge in [0, 0.05) is 42.8 Å². The molecule has 2 aromatic rings. The van der Waals surface area contributed by atoms with E-state index in [0.29, 0.717) is 19.7 Å². The number of aromatic amines is 1. The molecule has 30 heavy (non-hydrogen) atoms. The predicted molar refractivity (Wildman–Crippen MR) is 116 cm³/mol. The van der Waals surface area contributed by atoms with E-state index in [1.165, 1.54) is 10.9 Å². The number of fused-ring (bicyclic) bond motifs is 1. The van der Waals surface area contributed by atoms with Crippen LogP contribution in [0.15, 0.2) is 30.5 Å². The summed E-state index contributed by atoms with van der Waals surface area (Å²) in [5, 5.41) is 4.00. The van der Waals surface area contributed by atoms with E-state index in [0.717, 1.165) is 24.8 Å². The van der Waals surface area contributed by atoms with E-state index in [2.05, 4.69) is 16.4 Å². The van der Waals surface area contributed by atoms with Crippen LogP contribution in [0.4, 0.5) is 4.79 Å². The van der Waals surface area contributed by atoms with Crippen molar-refractivity contribution in [1.82, 2.24) is 15.2 Å². The number of carbonyl (C=O) groups excluding carboxylic acids is 2. The molecule has 0 aliphatic carbocycles.